The highest BCUT2D eigenvalue weighted by molar-refractivity contribution is 6.10. The largest absolute Gasteiger partial charge is 0.375 e. The lowest BCUT2D eigenvalue weighted by Gasteiger charge is -2.22. The molecule has 0 spiro atoms. The molecule has 0 aromatic heterocycles. The summed E-state index contributed by atoms with van der Waals surface area (Å²) in [5.41, 5.74) is 0.765. The summed E-state index contributed by atoms with van der Waals surface area (Å²) in [6, 6.07) is 25.6. The van der Waals surface area contributed by atoms with Crippen molar-refractivity contribution in [3.05, 3.63) is 108 Å². The van der Waals surface area contributed by atoms with Crippen LogP contribution in [0.4, 0.5) is 5.69 Å². The molecule has 4 nitrogen and oxygen atoms in total. The van der Waals surface area contributed by atoms with Gasteiger partial charge in [0.2, 0.25) is 0 Å². The van der Waals surface area contributed by atoms with Gasteiger partial charge in [-0.25, -0.2) is 0 Å². The summed E-state index contributed by atoms with van der Waals surface area (Å²) in [6.07, 6.45) is 3.53. The first-order chi connectivity index (χ1) is 14.1. The van der Waals surface area contributed by atoms with E-state index >= 15 is 0 Å². The third-order valence-corrected chi connectivity index (χ3v) is 5.15. The first-order valence-corrected chi connectivity index (χ1v) is 9.53. The molecule has 1 unspecified atom stereocenters. The fraction of sp³-hybridized carbons (Fsp3) is 0.120. The van der Waals surface area contributed by atoms with Gasteiger partial charge in [-0.3, -0.25) is 9.59 Å². The minimum absolute atomic E-state index is 0.266. The van der Waals surface area contributed by atoms with Gasteiger partial charge in [0, 0.05) is 17.7 Å². The fourth-order valence-corrected chi connectivity index (χ4v) is 3.68. The number of carbonyl (C=O) groups excluding carboxylic acids is 2. The molecule has 1 atom stereocenters. The van der Waals surface area contributed by atoms with Crippen LogP contribution in [-0.4, -0.2) is 23.3 Å². The van der Waals surface area contributed by atoms with E-state index in [1.165, 1.54) is 4.90 Å². The molecule has 1 N–H and O–H groups in total. The van der Waals surface area contributed by atoms with Gasteiger partial charge >= 0.3 is 0 Å². The Bertz CT molecular complexity index is 1060. The van der Waals surface area contributed by atoms with Crippen LogP contribution in [0.1, 0.15) is 27.9 Å². The lowest BCUT2D eigenvalue weighted by molar-refractivity contribution is -0.135. The first kappa shape index (κ1) is 18.8. The minimum Gasteiger partial charge on any atom is -0.375 e. The molecule has 1 heterocycles. The van der Waals surface area contributed by atoms with Gasteiger partial charge in [-0.15, -0.1) is 0 Å². The molecule has 1 aliphatic heterocycles. The van der Waals surface area contributed by atoms with Crippen molar-refractivity contribution >= 4 is 23.5 Å². The Hall–Kier alpha value is -3.50. The first-order valence-electron chi connectivity index (χ1n) is 9.53. The molecule has 0 aliphatic carbocycles. The quantitative estimate of drug-likeness (QED) is 0.649. The van der Waals surface area contributed by atoms with Crippen LogP contribution in [0.25, 0.3) is 6.08 Å². The van der Waals surface area contributed by atoms with Crippen LogP contribution in [0.3, 0.4) is 0 Å². The lowest BCUT2D eigenvalue weighted by atomic mass is 9.88. The van der Waals surface area contributed by atoms with Crippen molar-refractivity contribution < 1.29 is 14.7 Å². The minimum atomic E-state index is -1.86. The molecule has 0 bridgehead atoms. The summed E-state index contributed by atoms with van der Waals surface area (Å²) >= 11 is 0. The number of para-hydroxylation sites is 1. The van der Waals surface area contributed by atoms with Gasteiger partial charge in [0.25, 0.3) is 5.91 Å². The van der Waals surface area contributed by atoms with Crippen molar-refractivity contribution in [2.75, 3.05) is 11.4 Å². The third kappa shape index (κ3) is 3.62. The standard InChI is InChI=1S/C25H21NO3/c27-23(20-13-5-2-6-14-20)18-25(29)21-15-7-8-16-22(21)26(24(25)28)17-9-12-19-10-3-1-4-11-19/h1-16,29H,17-18H2. The second kappa shape index (κ2) is 7.86. The number of benzene rings is 3. The van der Waals surface area contributed by atoms with Gasteiger partial charge in [-0.2, -0.15) is 0 Å². The second-order valence-corrected chi connectivity index (χ2v) is 7.07. The number of ketones is 1. The van der Waals surface area contributed by atoms with Crippen molar-refractivity contribution in [3.8, 4) is 0 Å². The van der Waals surface area contributed by atoms with Crippen molar-refractivity contribution in [1.82, 2.24) is 0 Å². The molecule has 0 saturated heterocycles. The average molecular weight is 383 g/mol. The number of nitrogens with zero attached hydrogens (tertiary/aromatic N) is 1. The number of aliphatic hydroxyl groups is 1. The molecule has 1 aliphatic rings. The fourth-order valence-electron chi connectivity index (χ4n) is 3.68. The summed E-state index contributed by atoms with van der Waals surface area (Å²) in [7, 11) is 0. The second-order valence-electron chi connectivity index (χ2n) is 7.07. The van der Waals surface area contributed by atoms with Gasteiger partial charge in [-0.05, 0) is 11.6 Å². The van der Waals surface area contributed by atoms with E-state index in [2.05, 4.69) is 0 Å². The van der Waals surface area contributed by atoms with E-state index in [1.54, 1.807) is 42.5 Å². The Kier molecular flexibility index (Phi) is 5.10. The molecular formula is C25H21NO3. The predicted molar refractivity (Wildman–Crippen MR) is 114 cm³/mol. The molecule has 3 aromatic carbocycles. The van der Waals surface area contributed by atoms with Gasteiger partial charge in [0.1, 0.15) is 0 Å². The van der Waals surface area contributed by atoms with E-state index < -0.39 is 11.5 Å². The van der Waals surface area contributed by atoms with Crippen LogP contribution >= 0.6 is 0 Å². The normalized spacial score (nSPS) is 18.2. The van der Waals surface area contributed by atoms with E-state index in [1.807, 2.05) is 54.6 Å². The Morgan fingerprint density at radius 2 is 1.52 bits per heavy atom. The number of hydrogen-bond acceptors (Lipinski definition) is 3. The molecule has 0 fully saturated rings. The number of fused-ring (bicyclic) bond motifs is 1. The highest BCUT2D eigenvalue weighted by Gasteiger charge is 2.50. The summed E-state index contributed by atoms with van der Waals surface area (Å²) in [6.45, 7) is 0.312. The summed E-state index contributed by atoms with van der Waals surface area (Å²) in [4.78, 5) is 27.4. The van der Waals surface area contributed by atoms with E-state index in [9.17, 15) is 14.7 Å². The van der Waals surface area contributed by atoms with Gasteiger partial charge in [0.05, 0.1) is 12.1 Å². The number of hydrogen-bond donors (Lipinski definition) is 1. The molecule has 0 radical (unpaired) electrons. The van der Waals surface area contributed by atoms with Crippen LogP contribution < -0.4 is 4.90 Å². The van der Waals surface area contributed by atoms with Crippen molar-refractivity contribution in [2.45, 2.75) is 12.0 Å². The predicted octanol–water partition coefficient (Wildman–Crippen LogP) is 4.21. The molecule has 29 heavy (non-hydrogen) atoms. The summed E-state index contributed by atoms with van der Waals surface area (Å²) in [5.74, 6) is -0.737. The van der Waals surface area contributed by atoms with Crippen LogP contribution in [0.15, 0.2) is 91.0 Å². The zero-order chi connectivity index (χ0) is 20.3. The summed E-state index contributed by atoms with van der Waals surface area (Å²) in [5, 5.41) is 11.3. The Morgan fingerprint density at radius 1 is 0.897 bits per heavy atom. The van der Waals surface area contributed by atoms with E-state index in [-0.39, 0.29) is 12.2 Å². The zero-order valence-corrected chi connectivity index (χ0v) is 15.9. The van der Waals surface area contributed by atoms with Crippen molar-refractivity contribution in [1.29, 1.82) is 0 Å². The monoisotopic (exact) mass is 383 g/mol. The van der Waals surface area contributed by atoms with Gasteiger partial charge in [0.15, 0.2) is 11.4 Å². The Morgan fingerprint density at radius 3 is 2.24 bits per heavy atom. The third-order valence-electron chi connectivity index (χ3n) is 5.15. The van der Waals surface area contributed by atoms with E-state index in [0.717, 1.165) is 5.56 Å². The highest BCUT2D eigenvalue weighted by atomic mass is 16.3. The maximum absolute atomic E-state index is 13.2. The number of carbonyl (C=O) groups is 2. The van der Waals surface area contributed by atoms with Crippen LogP contribution in [0.2, 0.25) is 0 Å². The molecule has 0 saturated carbocycles. The summed E-state index contributed by atoms with van der Waals surface area (Å²) < 4.78 is 0. The molecule has 4 heteroatoms. The van der Waals surface area contributed by atoms with E-state index in [4.69, 9.17) is 0 Å². The number of rotatable bonds is 6. The topological polar surface area (TPSA) is 57.6 Å². The molecule has 3 aromatic rings. The maximum atomic E-state index is 13.2. The number of anilines is 1. The van der Waals surface area contributed by atoms with E-state index in [0.29, 0.717) is 23.4 Å². The Balaban J connectivity index is 1.60. The maximum Gasteiger partial charge on any atom is 0.264 e. The highest BCUT2D eigenvalue weighted by Crippen LogP contribution is 2.42. The molecule has 4 rings (SSSR count). The smallest absolute Gasteiger partial charge is 0.264 e. The SMILES string of the molecule is O=C(CC1(O)C(=O)N(CC=Cc2ccccc2)c2ccccc21)c1ccccc1. The molecular weight excluding hydrogens is 362 g/mol. The van der Waals surface area contributed by atoms with Crippen molar-refractivity contribution in [3.63, 3.8) is 0 Å². The van der Waals surface area contributed by atoms with Crippen molar-refractivity contribution in [2.24, 2.45) is 0 Å². The van der Waals surface area contributed by atoms with Crippen LogP contribution in [0, 0.1) is 0 Å². The lowest BCUT2D eigenvalue weighted by Crippen LogP contribution is -2.41. The van der Waals surface area contributed by atoms with Gasteiger partial charge in [-0.1, -0.05) is 91.0 Å². The zero-order valence-electron chi connectivity index (χ0n) is 15.9. The number of Topliss-reactive ketones (excluding diaryl/α,β-unsaturated/α-hetero) is 1. The Labute approximate surface area is 169 Å². The number of amides is 1. The molecule has 1 amide bonds. The van der Waals surface area contributed by atoms with Crippen LogP contribution in [-0.2, 0) is 10.4 Å². The van der Waals surface area contributed by atoms with Crippen LogP contribution in [0.5, 0.6) is 0 Å². The molecule has 144 valence electrons. The average Bonchev–Trinajstić information content (AvgIpc) is 2.97. The van der Waals surface area contributed by atoms with Gasteiger partial charge < -0.3 is 10.0 Å².